The van der Waals surface area contributed by atoms with Crippen LogP contribution < -0.4 is 16.0 Å². The second-order valence-corrected chi connectivity index (χ2v) is 7.18. The van der Waals surface area contributed by atoms with Crippen LogP contribution >= 0.6 is 15.9 Å². The van der Waals surface area contributed by atoms with Crippen LogP contribution in [-0.2, 0) is 11.3 Å². The number of nitrogens with two attached hydrogens (primary N) is 1. The van der Waals surface area contributed by atoms with Gasteiger partial charge < -0.3 is 11.1 Å². The number of carbonyl (C=O) groups is 2. The number of hydrogen-bond donors (Lipinski definition) is 2. The summed E-state index contributed by atoms with van der Waals surface area (Å²) in [6, 6.07) is 22.4. The van der Waals surface area contributed by atoms with Crippen LogP contribution in [0.15, 0.2) is 77.3 Å². The van der Waals surface area contributed by atoms with E-state index in [9.17, 15) is 9.59 Å². The van der Waals surface area contributed by atoms with Crippen molar-refractivity contribution in [1.82, 2.24) is 0 Å². The van der Waals surface area contributed by atoms with Gasteiger partial charge in [0.05, 0.1) is 5.56 Å². The van der Waals surface area contributed by atoms with Crippen LogP contribution in [0.1, 0.15) is 22.8 Å². The molecule has 3 rings (SSSR count). The quantitative estimate of drug-likeness (QED) is 0.578. The molecule has 0 aliphatic rings. The SMILES string of the molecule is CC(=O)N(c1cccc(Br)c1)c1cccc(CNc2ccccc2C(N)=O)c1. The Balaban J connectivity index is 1.85. The van der Waals surface area contributed by atoms with E-state index in [1.165, 1.54) is 6.92 Å². The number of para-hydroxylation sites is 1. The van der Waals surface area contributed by atoms with Gasteiger partial charge in [-0.2, -0.15) is 0 Å². The highest BCUT2D eigenvalue weighted by Crippen LogP contribution is 2.29. The number of amides is 2. The Hall–Kier alpha value is -3.12. The smallest absolute Gasteiger partial charge is 0.250 e. The van der Waals surface area contributed by atoms with Crippen molar-refractivity contribution in [3.63, 3.8) is 0 Å². The average Bonchev–Trinajstić information content (AvgIpc) is 2.67. The molecule has 0 atom stereocenters. The fourth-order valence-corrected chi connectivity index (χ4v) is 3.37. The van der Waals surface area contributed by atoms with Crippen molar-refractivity contribution < 1.29 is 9.59 Å². The molecule has 5 nitrogen and oxygen atoms in total. The number of hydrogen-bond acceptors (Lipinski definition) is 3. The summed E-state index contributed by atoms with van der Waals surface area (Å²) in [6.07, 6.45) is 0. The number of benzene rings is 3. The lowest BCUT2D eigenvalue weighted by atomic mass is 10.1. The van der Waals surface area contributed by atoms with Gasteiger partial charge in [0.2, 0.25) is 5.91 Å². The minimum atomic E-state index is -0.478. The number of nitrogens with zero attached hydrogens (tertiary/aromatic N) is 1. The molecule has 0 saturated heterocycles. The normalized spacial score (nSPS) is 10.4. The maximum absolute atomic E-state index is 12.3. The zero-order valence-corrected chi connectivity index (χ0v) is 16.9. The van der Waals surface area contributed by atoms with Crippen LogP contribution in [0.4, 0.5) is 17.1 Å². The Morgan fingerprint density at radius 3 is 2.32 bits per heavy atom. The van der Waals surface area contributed by atoms with Gasteiger partial charge in [-0.3, -0.25) is 14.5 Å². The molecule has 0 aliphatic carbocycles. The van der Waals surface area contributed by atoms with Crippen LogP contribution in [0.5, 0.6) is 0 Å². The van der Waals surface area contributed by atoms with Gasteiger partial charge in [-0.05, 0) is 48.0 Å². The van der Waals surface area contributed by atoms with E-state index in [-0.39, 0.29) is 5.91 Å². The largest absolute Gasteiger partial charge is 0.380 e. The van der Waals surface area contributed by atoms with E-state index in [1.54, 1.807) is 17.0 Å². The molecule has 0 fully saturated rings. The number of anilines is 3. The van der Waals surface area contributed by atoms with Crippen molar-refractivity contribution in [1.29, 1.82) is 0 Å². The Morgan fingerprint density at radius 2 is 1.64 bits per heavy atom. The first-order chi connectivity index (χ1) is 13.5. The lowest BCUT2D eigenvalue weighted by Crippen LogP contribution is -2.22. The van der Waals surface area contributed by atoms with Gasteiger partial charge in [0, 0.05) is 35.0 Å². The molecule has 0 saturated carbocycles. The Bertz CT molecular complexity index is 1020. The number of rotatable bonds is 6. The highest BCUT2D eigenvalue weighted by molar-refractivity contribution is 9.10. The molecule has 2 amide bonds. The van der Waals surface area contributed by atoms with Gasteiger partial charge in [0.1, 0.15) is 0 Å². The minimum Gasteiger partial charge on any atom is -0.380 e. The van der Waals surface area contributed by atoms with Gasteiger partial charge in [-0.25, -0.2) is 0 Å². The maximum Gasteiger partial charge on any atom is 0.250 e. The molecule has 0 unspecified atom stereocenters. The predicted octanol–water partition coefficient (Wildman–Crippen LogP) is 4.84. The van der Waals surface area contributed by atoms with Gasteiger partial charge >= 0.3 is 0 Å². The number of halogens is 1. The molecule has 0 spiro atoms. The third-order valence-corrected chi connectivity index (χ3v) is 4.72. The highest BCUT2D eigenvalue weighted by atomic mass is 79.9. The molecule has 3 aromatic carbocycles. The zero-order valence-electron chi connectivity index (χ0n) is 15.4. The number of nitrogens with one attached hydrogen (secondary N) is 1. The van der Waals surface area contributed by atoms with Crippen molar-refractivity contribution >= 4 is 44.8 Å². The summed E-state index contributed by atoms with van der Waals surface area (Å²) >= 11 is 3.45. The molecule has 3 N–H and O–H groups in total. The third-order valence-electron chi connectivity index (χ3n) is 4.23. The second kappa shape index (κ2) is 8.71. The summed E-state index contributed by atoms with van der Waals surface area (Å²) in [6.45, 7) is 2.03. The Kier molecular flexibility index (Phi) is 6.11. The van der Waals surface area contributed by atoms with E-state index >= 15 is 0 Å². The number of primary amides is 1. The fraction of sp³-hybridized carbons (Fsp3) is 0.0909. The molecule has 0 aliphatic heterocycles. The summed E-state index contributed by atoms with van der Waals surface area (Å²) in [4.78, 5) is 25.5. The van der Waals surface area contributed by atoms with Crippen LogP contribution in [0.3, 0.4) is 0 Å². The van der Waals surface area contributed by atoms with Gasteiger partial charge in [0.15, 0.2) is 0 Å². The summed E-state index contributed by atoms with van der Waals surface area (Å²) < 4.78 is 0.900. The minimum absolute atomic E-state index is 0.0812. The van der Waals surface area contributed by atoms with Crippen LogP contribution in [-0.4, -0.2) is 11.8 Å². The van der Waals surface area contributed by atoms with Crippen LogP contribution in [0.25, 0.3) is 0 Å². The molecule has 3 aromatic rings. The van der Waals surface area contributed by atoms with Crippen molar-refractivity contribution in [2.45, 2.75) is 13.5 Å². The van der Waals surface area contributed by atoms with Crippen molar-refractivity contribution in [2.75, 3.05) is 10.2 Å². The topological polar surface area (TPSA) is 75.4 Å². The first kappa shape index (κ1) is 19.6. The van der Waals surface area contributed by atoms with E-state index in [0.717, 1.165) is 21.4 Å². The molecule has 0 aromatic heterocycles. The van der Waals surface area contributed by atoms with Crippen molar-refractivity contribution in [3.05, 3.63) is 88.4 Å². The summed E-state index contributed by atoms with van der Waals surface area (Å²) in [5, 5.41) is 3.24. The van der Waals surface area contributed by atoms with Gasteiger partial charge in [-0.1, -0.05) is 46.3 Å². The Labute approximate surface area is 172 Å². The maximum atomic E-state index is 12.3. The van der Waals surface area contributed by atoms with E-state index in [4.69, 9.17) is 5.73 Å². The van der Waals surface area contributed by atoms with Crippen LogP contribution in [0.2, 0.25) is 0 Å². The van der Waals surface area contributed by atoms with Crippen LogP contribution in [0, 0.1) is 0 Å². The van der Waals surface area contributed by atoms with E-state index in [0.29, 0.717) is 17.8 Å². The summed E-state index contributed by atoms with van der Waals surface area (Å²) in [7, 11) is 0. The van der Waals surface area contributed by atoms with Gasteiger partial charge in [0.25, 0.3) is 5.91 Å². The second-order valence-electron chi connectivity index (χ2n) is 6.27. The molecule has 142 valence electrons. The molecule has 6 heteroatoms. The van der Waals surface area contributed by atoms with Crippen molar-refractivity contribution in [2.24, 2.45) is 5.73 Å². The average molecular weight is 438 g/mol. The molecular weight excluding hydrogens is 418 g/mol. The predicted molar refractivity (Wildman–Crippen MR) is 116 cm³/mol. The van der Waals surface area contributed by atoms with E-state index < -0.39 is 5.91 Å². The fourth-order valence-electron chi connectivity index (χ4n) is 2.98. The molecule has 0 bridgehead atoms. The summed E-state index contributed by atoms with van der Waals surface area (Å²) in [5.41, 5.74) is 9.07. The first-order valence-corrected chi connectivity index (χ1v) is 9.53. The third kappa shape index (κ3) is 4.58. The lowest BCUT2D eigenvalue weighted by Gasteiger charge is -2.22. The molecule has 28 heavy (non-hydrogen) atoms. The lowest BCUT2D eigenvalue weighted by molar-refractivity contribution is -0.115. The van der Waals surface area contributed by atoms with E-state index in [2.05, 4.69) is 21.2 Å². The molecule has 0 radical (unpaired) electrons. The monoisotopic (exact) mass is 437 g/mol. The summed E-state index contributed by atoms with van der Waals surface area (Å²) in [5.74, 6) is -0.559. The van der Waals surface area contributed by atoms with Crippen molar-refractivity contribution in [3.8, 4) is 0 Å². The van der Waals surface area contributed by atoms with Gasteiger partial charge in [-0.15, -0.1) is 0 Å². The van der Waals surface area contributed by atoms with E-state index in [1.807, 2.05) is 60.7 Å². The Morgan fingerprint density at radius 1 is 0.964 bits per heavy atom. The molecule has 0 heterocycles. The first-order valence-electron chi connectivity index (χ1n) is 8.73. The molecular formula is C22H20BrN3O2. The standard InChI is InChI=1S/C22H20BrN3O2/c1-15(27)26(19-9-5-7-17(23)13-19)18-8-4-6-16(12-18)14-25-21-11-3-2-10-20(21)22(24)28/h2-13,25H,14H2,1H3,(H2,24,28). The highest BCUT2D eigenvalue weighted by Gasteiger charge is 2.15. The number of carbonyl (C=O) groups excluding carboxylic acids is 2. The zero-order chi connectivity index (χ0) is 20.1.